The van der Waals surface area contributed by atoms with Crippen LogP contribution >= 0.6 is 23.2 Å². The molecule has 0 saturated heterocycles. The van der Waals surface area contributed by atoms with Gasteiger partial charge in [-0.1, -0.05) is 43.5 Å². The molecule has 0 aliphatic carbocycles. The lowest BCUT2D eigenvalue weighted by atomic mass is 9.99. The monoisotopic (exact) mass is 346 g/mol. The van der Waals surface area contributed by atoms with Crippen LogP contribution in [-0.4, -0.2) is 29.1 Å². The summed E-state index contributed by atoms with van der Waals surface area (Å²) in [5, 5.41) is 15.5. The maximum Gasteiger partial charge on any atom is 0.326 e. The zero-order valence-corrected chi connectivity index (χ0v) is 14.2. The van der Waals surface area contributed by atoms with E-state index in [1.807, 2.05) is 6.92 Å². The highest BCUT2D eigenvalue weighted by Gasteiger charge is 2.27. The first-order valence-corrected chi connectivity index (χ1v) is 7.76. The Bertz CT molecular complexity index is 552. The van der Waals surface area contributed by atoms with E-state index in [2.05, 4.69) is 10.6 Å². The number of carbonyl (C=O) groups is 2. The fraction of sp³-hybridized carbons (Fsp3) is 0.467. The quantitative estimate of drug-likeness (QED) is 0.706. The number of hydrogen-bond donors (Lipinski definition) is 3. The maximum absolute atomic E-state index is 12.1. The second-order valence-corrected chi connectivity index (χ2v) is 6.02. The Morgan fingerprint density at radius 2 is 1.86 bits per heavy atom. The van der Waals surface area contributed by atoms with Crippen LogP contribution in [0.15, 0.2) is 18.2 Å². The number of hydrogen-bond acceptors (Lipinski definition) is 3. The van der Waals surface area contributed by atoms with Crippen molar-refractivity contribution in [2.75, 3.05) is 5.32 Å². The van der Waals surface area contributed by atoms with Gasteiger partial charge in [-0.3, -0.25) is 4.79 Å². The number of carboxylic acid groups (broad SMARTS) is 1. The highest BCUT2D eigenvalue weighted by molar-refractivity contribution is 6.42. The SMILES string of the molecule is CC[C@H](C)[C@H](NC(=O)[C@H](C)Nc1ccc(Cl)c(Cl)c1)C(=O)O. The number of nitrogens with one attached hydrogen (secondary N) is 2. The first kappa shape index (κ1) is 18.6. The number of carbonyl (C=O) groups excluding carboxylic acids is 1. The molecule has 5 nitrogen and oxygen atoms in total. The van der Waals surface area contributed by atoms with Crippen LogP contribution in [0.3, 0.4) is 0 Å². The van der Waals surface area contributed by atoms with Crippen LogP contribution in [0, 0.1) is 5.92 Å². The van der Waals surface area contributed by atoms with E-state index in [0.717, 1.165) is 0 Å². The molecule has 0 aliphatic rings. The molecule has 0 saturated carbocycles. The molecule has 0 unspecified atom stereocenters. The highest BCUT2D eigenvalue weighted by atomic mass is 35.5. The Balaban J connectivity index is 2.71. The van der Waals surface area contributed by atoms with Gasteiger partial charge in [0, 0.05) is 5.69 Å². The van der Waals surface area contributed by atoms with Crippen LogP contribution in [0.4, 0.5) is 5.69 Å². The van der Waals surface area contributed by atoms with Gasteiger partial charge in [0.1, 0.15) is 12.1 Å². The predicted molar refractivity (Wildman–Crippen MR) is 88.6 cm³/mol. The number of halogens is 2. The van der Waals surface area contributed by atoms with E-state index in [1.54, 1.807) is 32.0 Å². The molecule has 0 fully saturated rings. The van der Waals surface area contributed by atoms with Crippen molar-refractivity contribution < 1.29 is 14.7 Å². The molecule has 0 aliphatic heterocycles. The maximum atomic E-state index is 12.1. The largest absolute Gasteiger partial charge is 0.480 e. The Morgan fingerprint density at radius 3 is 2.36 bits per heavy atom. The van der Waals surface area contributed by atoms with Crippen LogP contribution < -0.4 is 10.6 Å². The zero-order valence-electron chi connectivity index (χ0n) is 12.7. The lowest BCUT2D eigenvalue weighted by Gasteiger charge is -2.23. The molecule has 122 valence electrons. The normalized spacial score (nSPS) is 14.8. The summed E-state index contributed by atoms with van der Waals surface area (Å²) in [7, 11) is 0. The first-order valence-electron chi connectivity index (χ1n) is 7.01. The molecule has 0 bridgehead atoms. The predicted octanol–water partition coefficient (Wildman–Crippen LogP) is 3.41. The average Bonchev–Trinajstić information content (AvgIpc) is 2.47. The van der Waals surface area contributed by atoms with Gasteiger partial charge in [-0.05, 0) is 31.0 Å². The van der Waals surface area contributed by atoms with Crippen LogP contribution in [0.1, 0.15) is 27.2 Å². The van der Waals surface area contributed by atoms with Gasteiger partial charge in [-0.25, -0.2) is 4.79 Å². The molecule has 1 aromatic rings. The Kier molecular flexibility index (Phi) is 6.97. The molecule has 0 radical (unpaired) electrons. The van der Waals surface area contributed by atoms with Gasteiger partial charge in [0.2, 0.25) is 5.91 Å². The van der Waals surface area contributed by atoms with Crippen LogP contribution in [0.25, 0.3) is 0 Å². The molecule has 1 amide bonds. The summed E-state index contributed by atoms with van der Waals surface area (Å²) in [4.78, 5) is 23.4. The van der Waals surface area contributed by atoms with Crippen molar-refractivity contribution in [2.45, 2.75) is 39.3 Å². The van der Waals surface area contributed by atoms with Crippen molar-refractivity contribution in [3.63, 3.8) is 0 Å². The lowest BCUT2D eigenvalue weighted by Crippen LogP contribution is -2.49. The van der Waals surface area contributed by atoms with Crippen LogP contribution in [-0.2, 0) is 9.59 Å². The number of amides is 1. The Hall–Kier alpha value is -1.46. The van der Waals surface area contributed by atoms with Gasteiger partial charge in [-0.15, -0.1) is 0 Å². The summed E-state index contributed by atoms with van der Waals surface area (Å²) >= 11 is 11.7. The minimum atomic E-state index is -1.04. The molecule has 0 heterocycles. The van der Waals surface area contributed by atoms with E-state index in [1.165, 1.54) is 0 Å². The van der Waals surface area contributed by atoms with E-state index in [-0.39, 0.29) is 5.92 Å². The molecule has 3 atom stereocenters. The minimum absolute atomic E-state index is 0.154. The molecular formula is C15H20Cl2N2O3. The third-order valence-electron chi connectivity index (χ3n) is 3.47. The number of carboxylic acids is 1. The van der Waals surface area contributed by atoms with Gasteiger partial charge in [0.05, 0.1) is 10.0 Å². The first-order chi connectivity index (χ1) is 10.3. The molecule has 3 N–H and O–H groups in total. The van der Waals surface area contributed by atoms with Crippen LogP contribution in [0.5, 0.6) is 0 Å². The zero-order chi connectivity index (χ0) is 16.9. The molecule has 1 aromatic carbocycles. The van der Waals surface area contributed by atoms with E-state index >= 15 is 0 Å². The number of rotatable bonds is 7. The third kappa shape index (κ3) is 5.07. The molecular weight excluding hydrogens is 327 g/mol. The van der Waals surface area contributed by atoms with Crippen molar-refractivity contribution in [1.82, 2.24) is 5.32 Å². The summed E-state index contributed by atoms with van der Waals surface area (Å²) < 4.78 is 0. The third-order valence-corrected chi connectivity index (χ3v) is 4.21. The molecule has 0 spiro atoms. The van der Waals surface area contributed by atoms with Crippen molar-refractivity contribution >= 4 is 40.8 Å². The highest BCUT2D eigenvalue weighted by Crippen LogP contribution is 2.25. The average molecular weight is 347 g/mol. The standard InChI is InChI=1S/C15H20Cl2N2O3/c1-4-8(2)13(15(21)22)19-14(20)9(3)18-10-5-6-11(16)12(17)7-10/h5-9,13,18H,4H2,1-3H3,(H,19,20)(H,21,22)/t8-,9-,13-/m0/s1. The smallest absolute Gasteiger partial charge is 0.326 e. The van der Waals surface area contributed by atoms with Crippen molar-refractivity contribution in [1.29, 1.82) is 0 Å². The van der Waals surface area contributed by atoms with Gasteiger partial charge in [0.15, 0.2) is 0 Å². The van der Waals surface area contributed by atoms with E-state index in [0.29, 0.717) is 22.2 Å². The summed E-state index contributed by atoms with van der Waals surface area (Å²) in [5.41, 5.74) is 0.632. The van der Waals surface area contributed by atoms with Gasteiger partial charge < -0.3 is 15.7 Å². The van der Waals surface area contributed by atoms with Gasteiger partial charge in [0.25, 0.3) is 0 Å². The summed E-state index contributed by atoms with van der Waals surface area (Å²) in [6, 6.07) is 3.41. The minimum Gasteiger partial charge on any atom is -0.480 e. The molecule has 22 heavy (non-hydrogen) atoms. The fourth-order valence-corrected chi connectivity index (χ4v) is 2.16. The van der Waals surface area contributed by atoms with Gasteiger partial charge >= 0.3 is 5.97 Å². The Morgan fingerprint density at radius 1 is 1.23 bits per heavy atom. The van der Waals surface area contributed by atoms with E-state index in [4.69, 9.17) is 23.2 Å². The van der Waals surface area contributed by atoms with E-state index < -0.39 is 24.0 Å². The number of aliphatic carboxylic acids is 1. The second kappa shape index (κ2) is 8.25. The van der Waals surface area contributed by atoms with Crippen molar-refractivity contribution in [3.8, 4) is 0 Å². The summed E-state index contributed by atoms with van der Waals surface area (Å²) in [5.74, 6) is -1.58. The summed E-state index contributed by atoms with van der Waals surface area (Å²) in [6.07, 6.45) is 0.659. The molecule has 0 aromatic heterocycles. The lowest BCUT2D eigenvalue weighted by molar-refractivity contribution is -0.143. The number of anilines is 1. The van der Waals surface area contributed by atoms with Gasteiger partial charge in [-0.2, -0.15) is 0 Å². The van der Waals surface area contributed by atoms with Crippen LogP contribution in [0.2, 0.25) is 10.0 Å². The fourth-order valence-electron chi connectivity index (χ4n) is 1.86. The summed E-state index contributed by atoms with van der Waals surface area (Å²) in [6.45, 7) is 5.31. The van der Waals surface area contributed by atoms with E-state index in [9.17, 15) is 14.7 Å². The topological polar surface area (TPSA) is 78.4 Å². The molecule has 1 rings (SSSR count). The van der Waals surface area contributed by atoms with Crippen molar-refractivity contribution in [2.24, 2.45) is 5.92 Å². The second-order valence-electron chi connectivity index (χ2n) is 5.20. The Labute approximate surface area is 140 Å². The van der Waals surface area contributed by atoms with Crippen molar-refractivity contribution in [3.05, 3.63) is 28.2 Å². The number of benzene rings is 1. The molecule has 7 heteroatoms.